The van der Waals surface area contributed by atoms with E-state index in [0.29, 0.717) is 6.54 Å². The number of nitrogens with one attached hydrogen (secondary N) is 1. The maximum Gasteiger partial charge on any atom is 0.330 e. The molecular formula is C17H29N4O3+. The van der Waals surface area contributed by atoms with E-state index in [4.69, 9.17) is 0 Å². The number of carbonyl (C=O) groups excluding carboxylic acids is 3. The van der Waals surface area contributed by atoms with Gasteiger partial charge in [-0.25, -0.2) is 4.79 Å². The number of hydrogen-bond acceptors (Lipinski definition) is 4. The van der Waals surface area contributed by atoms with Gasteiger partial charge in [0.2, 0.25) is 11.8 Å². The Labute approximate surface area is 143 Å². The van der Waals surface area contributed by atoms with Gasteiger partial charge in [0.15, 0.2) is 5.92 Å². The van der Waals surface area contributed by atoms with Gasteiger partial charge < -0.3 is 5.73 Å². The van der Waals surface area contributed by atoms with Crippen molar-refractivity contribution in [1.82, 2.24) is 10.2 Å². The van der Waals surface area contributed by atoms with Gasteiger partial charge in [0.05, 0.1) is 0 Å². The molecule has 3 atom stereocenters. The molecule has 1 saturated heterocycles. The Morgan fingerprint density at radius 3 is 2.67 bits per heavy atom. The van der Waals surface area contributed by atoms with Crippen LogP contribution in [-0.4, -0.2) is 47.6 Å². The number of amides is 4. The lowest BCUT2D eigenvalue weighted by atomic mass is 9.91. The third kappa shape index (κ3) is 4.63. The molecule has 1 aliphatic heterocycles. The van der Waals surface area contributed by atoms with Crippen LogP contribution in [0.2, 0.25) is 0 Å². The average Bonchev–Trinajstić information content (AvgIpc) is 2.55. The van der Waals surface area contributed by atoms with Crippen molar-refractivity contribution in [2.45, 2.75) is 70.4 Å². The molecule has 2 fully saturated rings. The molecule has 7 nitrogen and oxygen atoms in total. The zero-order valence-electron chi connectivity index (χ0n) is 14.5. The maximum absolute atomic E-state index is 12.5. The van der Waals surface area contributed by atoms with Crippen LogP contribution in [0, 0.1) is 5.92 Å². The van der Waals surface area contributed by atoms with Gasteiger partial charge in [-0.3, -0.25) is 24.8 Å². The van der Waals surface area contributed by atoms with Crippen molar-refractivity contribution in [2.75, 3.05) is 6.54 Å². The number of imide groups is 2. The summed E-state index contributed by atoms with van der Waals surface area (Å²) in [5.74, 6) is -2.03. The van der Waals surface area contributed by atoms with E-state index < -0.39 is 23.8 Å². The zero-order chi connectivity index (χ0) is 17.5. The smallest absolute Gasteiger partial charge is 0.330 e. The summed E-state index contributed by atoms with van der Waals surface area (Å²) in [7, 11) is 0. The first-order valence-electron chi connectivity index (χ1n) is 9.07. The molecule has 2 rings (SSSR count). The van der Waals surface area contributed by atoms with E-state index >= 15 is 0 Å². The monoisotopic (exact) mass is 337 g/mol. The fourth-order valence-corrected chi connectivity index (χ4v) is 3.25. The summed E-state index contributed by atoms with van der Waals surface area (Å²) in [4.78, 5) is 42.0. The second-order valence-corrected chi connectivity index (χ2v) is 6.73. The molecule has 0 radical (unpaired) electrons. The average molecular weight is 337 g/mol. The van der Waals surface area contributed by atoms with Gasteiger partial charge in [-0.15, -0.1) is 0 Å². The minimum atomic E-state index is -0.997. The van der Waals surface area contributed by atoms with E-state index in [1.807, 2.05) is 0 Å². The van der Waals surface area contributed by atoms with Crippen LogP contribution in [0.15, 0.2) is 4.99 Å². The molecule has 1 heterocycles. The molecule has 0 bridgehead atoms. The summed E-state index contributed by atoms with van der Waals surface area (Å²) in [6.45, 7) is 2.45. The van der Waals surface area contributed by atoms with Crippen molar-refractivity contribution in [3.63, 3.8) is 0 Å². The molecule has 0 aromatic heterocycles. The molecule has 24 heavy (non-hydrogen) atoms. The number of barbiturate groups is 1. The van der Waals surface area contributed by atoms with Crippen LogP contribution in [0.5, 0.6) is 0 Å². The molecule has 4 amide bonds. The fourth-order valence-electron chi connectivity index (χ4n) is 3.25. The van der Waals surface area contributed by atoms with E-state index in [0.717, 1.165) is 56.3 Å². The number of carbonyl (C=O) groups is 3. The highest BCUT2D eigenvalue weighted by Crippen LogP contribution is 2.19. The van der Waals surface area contributed by atoms with Crippen molar-refractivity contribution in [3.05, 3.63) is 0 Å². The highest BCUT2D eigenvalue weighted by Gasteiger charge is 2.39. The Balaban J connectivity index is 1.98. The third-order valence-corrected chi connectivity index (χ3v) is 4.82. The SMILES string of the molecule is CCCCCCN1C(=O)NC(=O)[C@@H](C=N[C@@H]2CCCC[C@H]2[NH3+])C1=O. The predicted molar refractivity (Wildman–Crippen MR) is 90.3 cm³/mol. The lowest BCUT2D eigenvalue weighted by Gasteiger charge is -2.29. The first-order valence-corrected chi connectivity index (χ1v) is 9.07. The molecular weight excluding hydrogens is 308 g/mol. The van der Waals surface area contributed by atoms with E-state index in [1.54, 1.807) is 0 Å². The van der Waals surface area contributed by atoms with E-state index in [9.17, 15) is 14.4 Å². The molecule has 4 N–H and O–H groups in total. The van der Waals surface area contributed by atoms with Crippen LogP contribution in [-0.2, 0) is 9.59 Å². The van der Waals surface area contributed by atoms with Crippen LogP contribution in [0.1, 0.15) is 58.3 Å². The third-order valence-electron chi connectivity index (χ3n) is 4.82. The second kappa shape index (κ2) is 8.92. The van der Waals surface area contributed by atoms with E-state index in [2.05, 4.69) is 23.0 Å². The van der Waals surface area contributed by atoms with Crippen LogP contribution in [0.3, 0.4) is 0 Å². The maximum atomic E-state index is 12.5. The molecule has 0 spiro atoms. The summed E-state index contributed by atoms with van der Waals surface area (Å²) in [5.41, 5.74) is 4.10. The van der Waals surface area contributed by atoms with Crippen molar-refractivity contribution < 1.29 is 20.1 Å². The summed E-state index contributed by atoms with van der Waals surface area (Å²) in [6, 6.07) is -0.322. The van der Waals surface area contributed by atoms with E-state index in [1.165, 1.54) is 6.21 Å². The Morgan fingerprint density at radius 2 is 1.96 bits per heavy atom. The standard InChI is InChI=1S/C17H28N4O3/c1-2-3-4-7-10-21-16(23)12(15(22)20-17(21)24)11-19-14-9-6-5-8-13(14)18/h11-14H,2-10,18H2,1H3,(H,20,22,24)/p+1/t12-,13-,14-/m1/s1. The van der Waals surface area contributed by atoms with Gasteiger partial charge in [-0.2, -0.15) is 0 Å². The first-order chi connectivity index (χ1) is 11.5. The van der Waals surface area contributed by atoms with E-state index in [-0.39, 0.29) is 12.1 Å². The minimum Gasteiger partial charge on any atom is -0.353 e. The summed E-state index contributed by atoms with van der Waals surface area (Å²) in [6.07, 6.45) is 9.52. The number of urea groups is 1. The van der Waals surface area contributed by atoms with Gasteiger partial charge in [-0.05, 0) is 19.3 Å². The molecule has 0 unspecified atom stereocenters. The predicted octanol–water partition coefficient (Wildman–Crippen LogP) is 0.885. The number of rotatable bonds is 7. The van der Waals surface area contributed by atoms with Gasteiger partial charge in [-0.1, -0.05) is 32.6 Å². The second-order valence-electron chi connectivity index (χ2n) is 6.73. The van der Waals surface area contributed by atoms with Crippen LogP contribution in [0.4, 0.5) is 4.79 Å². The highest BCUT2D eigenvalue weighted by molar-refractivity contribution is 6.23. The minimum absolute atomic E-state index is 0.0648. The Morgan fingerprint density at radius 1 is 1.21 bits per heavy atom. The van der Waals surface area contributed by atoms with Crippen molar-refractivity contribution in [2.24, 2.45) is 10.9 Å². The number of quaternary nitrogens is 1. The summed E-state index contributed by atoms with van der Waals surface area (Å²) >= 11 is 0. The van der Waals surface area contributed by atoms with Crippen LogP contribution >= 0.6 is 0 Å². The quantitative estimate of drug-likeness (QED) is 0.409. The summed E-state index contributed by atoms with van der Waals surface area (Å²) < 4.78 is 0. The number of unbranched alkanes of at least 4 members (excludes halogenated alkanes) is 3. The van der Waals surface area contributed by atoms with Crippen molar-refractivity contribution >= 4 is 24.1 Å². The largest absolute Gasteiger partial charge is 0.353 e. The van der Waals surface area contributed by atoms with Gasteiger partial charge >= 0.3 is 6.03 Å². The summed E-state index contributed by atoms with van der Waals surface area (Å²) in [5, 5.41) is 2.27. The Bertz CT molecular complexity index is 506. The zero-order valence-corrected chi connectivity index (χ0v) is 14.5. The molecule has 0 aromatic rings. The topological polar surface area (TPSA) is 106 Å². The van der Waals surface area contributed by atoms with Crippen LogP contribution < -0.4 is 11.1 Å². The van der Waals surface area contributed by atoms with Gasteiger partial charge in [0.25, 0.3) is 0 Å². The molecule has 1 saturated carbocycles. The number of hydrogen-bond donors (Lipinski definition) is 2. The van der Waals surface area contributed by atoms with Crippen molar-refractivity contribution in [1.29, 1.82) is 0 Å². The first kappa shape index (κ1) is 18.6. The molecule has 7 heteroatoms. The number of nitrogens with zero attached hydrogens (tertiary/aromatic N) is 2. The van der Waals surface area contributed by atoms with Crippen molar-refractivity contribution in [3.8, 4) is 0 Å². The molecule has 2 aliphatic rings. The Hall–Kier alpha value is -1.76. The normalized spacial score (nSPS) is 28.5. The van der Waals surface area contributed by atoms with Gasteiger partial charge in [0, 0.05) is 19.2 Å². The molecule has 1 aliphatic carbocycles. The fraction of sp³-hybridized carbons (Fsp3) is 0.765. The number of aliphatic imine (C=N–C) groups is 1. The van der Waals surface area contributed by atoms with Gasteiger partial charge in [0.1, 0.15) is 12.1 Å². The lowest BCUT2D eigenvalue weighted by molar-refractivity contribution is -0.428. The Kier molecular flexibility index (Phi) is 6.90. The molecule has 134 valence electrons. The van der Waals surface area contributed by atoms with Crippen LogP contribution in [0.25, 0.3) is 0 Å². The molecule has 0 aromatic carbocycles. The lowest BCUT2D eigenvalue weighted by Crippen LogP contribution is -2.66. The highest BCUT2D eigenvalue weighted by atomic mass is 16.2.